The minimum Gasteiger partial charge on any atom is -0.430 e. The summed E-state index contributed by atoms with van der Waals surface area (Å²) < 4.78 is 11.8. The highest BCUT2D eigenvalue weighted by Gasteiger charge is 2.64. The molecule has 0 amide bonds. The minimum absolute atomic E-state index is 0.0174. The van der Waals surface area contributed by atoms with E-state index in [1.54, 1.807) is 0 Å². The lowest BCUT2D eigenvalue weighted by Gasteiger charge is -2.57. The van der Waals surface area contributed by atoms with Crippen LogP contribution in [0, 0.1) is 23.7 Å². The highest BCUT2D eigenvalue weighted by atomic mass is 16.8. The van der Waals surface area contributed by atoms with Gasteiger partial charge in [-0.05, 0) is 43.9 Å². The first-order valence-electron chi connectivity index (χ1n) is 7.23. The van der Waals surface area contributed by atoms with Gasteiger partial charge in [-0.3, -0.25) is 0 Å². The Morgan fingerprint density at radius 3 is 2.28 bits per heavy atom. The van der Waals surface area contributed by atoms with Gasteiger partial charge in [0.15, 0.2) is 6.10 Å². The van der Waals surface area contributed by atoms with Crippen molar-refractivity contribution < 1.29 is 19.4 Å². The van der Waals surface area contributed by atoms with E-state index < -0.39 is 11.9 Å². The quantitative estimate of drug-likeness (QED) is 0.756. The number of aliphatic hydroxyl groups is 1. The van der Waals surface area contributed by atoms with Gasteiger partial charge in [0.1, 0.15) is 0 Å². The molecular formula is C14H20O4. The molecule has 4 nitrogen and oxygen atoms in total. The SMILES string of the molecule is O=C1OC2(OC1CCO)C1CC3CC(C1)CC2C3. The van der Waals surface area contributed by atoms with Gasteiger partial charge in [-0.25, -0.2) is 4.79 Å². The Hall–Kier alpha value is -0.610. The third kappa shape index (κ3) is 1.36. The van der Waals surface area contributed by atoms with E-state index >= 15 is 0 Å². The van der Waals surface area contributed by atoms with Gasteiger partial charge in [0.25, 0.3) is 0 Å². The molecule has 0 radical (unpaired) electrons. The average Bonchev–Trinajstić information content (AvgIpc) is 2.65. The molecule has 4 aliphatic carbocycles. The summed E-state index contributed by atoms with van der Waals surface area (Å²) >= 11 is 0. The molecule has 1 aliphatic heterocycles. The van der Waals surface area contributed by atoms with Gasteiger partial charge in [0, 0.05) is 24.9 Å². The summed E-state index contributed by atoms with van der Waals surface area (Å²) in [6.45, 7) is -0.0174. The third-order valence-electron chi connectivity index (χ3n) is 5.52. The summed E-state index contributed by atoms with van der Waals surface area (Å²) in [6.07, 6.45) is 5.84. The van der Waals surface area contributed by atoms with Crippen LogP contribution in [0.4, 0.5) is 0 Å². The molecule has 5 fully saturated rings. The van der Waals surface area contributed by atoms with E-state index in [0.717, 1.165) is 37.5 Å². The highest BCUT2D eigenvalue weighted by molar-refractivity contribution is 5.76. The Labute approximate surface area is 107 Å². The van der Waals surface area contributed by atoms with Crippen LogP contribution in [0.3, 0.4) is 0 Å². The predicted molar refractivity (Wildman–Crippen MR) is 62.4 cm³/mol. The van der Waals surface area contributed by atoms with Gasteiger partial charge in [0.05, 0.1) is 0 Å². The number of carbonyl (C=O) groups excluding carboxylic acids is 1. The number of aliphatic hydroxyl groups excluding tert-OH is 1. The summed E-state index contributed by atoms with van der Waals surface area (Å²) in [6, 6.07) is 0. The molecule has 4 saturated carbocycles. The fraction of sp³-hybridized carbons (Fsp3) is 0.929. The molecule has 1 atom stereocenters. The maximum absolute atomic E-state index is 11.9. The van der Waals surface area contributed by atoms with Crippen LogP contribution in [0.2, 0.25) is 0 Å². The number of rotatable bonds is 2. The standard InChI is InChI=1S/C14H20O4/c15-2-1-12-13(16)18-14(17-12)10-4-8-3-9(6-10)7-11(14)5-8/h8-12,15H,1-7H2. The number of hydrogen-bond donors (Lipinski definition) is 1. The number of hydrogen-bond acceptors (Lipinski definition) is 4. The summed E-state index contributed by atoms with van der Waals surface area (Å²) in [5.74, 6) is 1.60. The molecule has 1 spiro atoms. The molecular weight excluding hydrogens is 232 g/mol. The van der Waals surface area contributed by atoms with Crippen LogP contribution >= 0.6 is 0 Å². The average molecular weight is 252 g/mol. The first kappa shape index (κ1) is 11.2. The van der Waals surface area contributed by atoms with Crippen molar-refractivity contribution in [3.63, 3.8) is 0 Å². The summed E-state index contributed by atoms with van der Waals surface area (Å²) in [7, 11) is 0. The van der Waals surface area contributed by atoms with Crippen molar-refractivity contribution in [1.29, 1.82) is 0 Å². The maximum Gasteiger partial charge on any atom is 0.338 e. The second-order valence-corrected chi connectivity index (χ2v) is 6.57. The first-order chi connectivity index (χ1) is 8.71. The van der Waals surface area contributed by atoms with E-state index in [-0.39, 0.29) is 12.6 Å². The smallest absolute Gasteiger partial charge is 0.338 e. The lowest BCUT2D eigenvalue weighted by atomic mass is 9.53. The molecule has 0 aromatic heterocycles. The van der Waals surface area contributed by atoms with Crippen molar-refractivity contribution in [2.75, 3.05) is 6.61 Å². The molecule has 4 heteroatoms. The van der Waals surface area contributed by atoms with Gasteiger partial charge in [-0.2, -0.15) is 0 Å². The molecule has 1 heterocycles. The second-order valence-electron chi connectivity index (χ2n) is 6.57. The molecule has 4 bridgehead atoms. The van der Waals surface area contributed by atoms with Crippen molar-refractivity contribution in [2.24, 2.45) is 23.7 Å². The molecule has 18 heavy (non-hydrogen) atoms. The molecule has 1 saturated heterocycles. The summed E-state index contributed by atoms with van der Waals surface area (Å²) in [4.78, 5) is 11.9. The van der Waals surface area contributed by atoms with Crippen molar-refractivity contribution in [1.82, 2.24) is 0 Å². The van der Waals surface area contributed by atoms with Crippen LogP contribution in [-0.4, -0.2) is 29.6 Å². The Morgan fingerprint density at radius 1 is 1.11 bits per heavy atom. The van der Waals surface area contributed by atoms with E-state index in [1.807, 2.05) is 0 Å². The van der Waals surface area contributed by atoms with E-state index in [9.17, 15) is 4.79 Å². The highest BCUT2D eigenvalue weighted by Crippen LogP contribution is 2.61. The van der Waals surface area contributed by atoms with Crippen LogP contribution in [-0.2, 0) is 14.3 Å². The van der Waals surface area contributed by atoms with Crippen molar-refractivity contribution >= 4 is 5.97 Å². The normalized spacial score (nSPS) is 53.2. The topological polar surface area (TPSA) is 55.8 Å². The number of ether oxygens (including phenoxy) is 2. The lowest BCUT2D eigenvalue weighted by molar-refractivity contribution is -0.290. The molecule has 100 valence electrons. The van der Waals surface area contributed by atoms with Gasteiger partial charge < -0.3 is 14.6 Å². The van der Waals surface area contributed by atoms with E-state index in [4.69, 9.17) is 14.6 Å². The Morgan fingerprint density at radius 2 is 1.72 bits per heavy atom. The van der Waals surface area contributed by atoms with Crippen LogP contribution in [0.1, 0.15) is 38.5 Å². The van der Waals surface area contributed by atoms with Gasteiger partial charge in [-0.15, -0.1) is 0 Å². The fourth-order valence-electron chi connectivity index (χ4n) is 5.01. The monoisotopic (exact) mass is 252 g/mol. The van der Waals surface area contributed by atoms with Crippen molar-refractivity contribution in [3.05, 3.63) is 0 Å². The summed E-state index contributed by atoms with van der Waals surface area (Å²) in [5, 5.41) is 9.00. The molecule has 5 aliphatic rings. The molecule has 0 aromatic rings. The number of esters is 1. The molecule has 0 aromatic carbocycles. The Kier molecular flexibility index (Phi) is 2.31. The van der Waals surface area contributed by atoms with E-state index in [2.05, 4.69) is 0 Å². The molecule has 5 rings (SSSR count). The van der Waals surface area contributed by atoms with Gasteiger partial charge >= 0.3 is 5.97 Å². The molecule has 1 N–H and O–H groups in total. The second kappa shape index (κ2) is 3.70. The van der Waals surface area contributed by atoms with Gasteiger partial charge in [0.2, 0.25) is 5.79 Å². The van der Waals surface area contributed by atoms with Crippen LogP contribution < -0.4 is 0 Å². The van der Waals surface area contributed by atoms with Crippen LogP contribution in [0.5, 0.6) is 0 Å². The zero-order valence-electron chi connectivity index (χ0n) is 10.5. The maximum atomic E-state index is 11.9. The minimum atomic E-state index is -0.621. The summed E-state index contributed by atoms with van der Waals surface area (Å²) in [5.41, 5.74) is 0. The number of carbonyl (C=O) groups is 1. The van der Waals surface area contributed by atoms with Gasteiger partial charge in [-0.1, -0.05) is 0 Å². The molecule has 1 unspecified atom stereocenters. The Balaban J connectivity index is 1.62. The van der Waals surface area contributed by atoms with E-state index in [0.29, 0.717) is 18.3 Å². The van der Waals surface area contributed by atoms with E-state index in [1.165, 1.54) is 6.42 Å². The first-order valence-corrected chi connectivity index (χ1v) is 7.23. The van der Waals surface area contributed by atoms with Crippen molar-refractivity contribution in [2.45, 2.75) is 50.4 Å². The van der Waals surface area contributed by atoms with Crippen molar-refractivity contribution in [3.8, 4) is 0 Å². The zero-order valence-corrected chi connectivity index (χ0v) is 10.5. The van der Waals surface area contributed by atoms with Crippen LogP contribution in [0.15, 0.2) is 0 Å². The predicted octanol–water partition coefficient (Wildman–Crippen LogP) is 1.46. The van der Waals surface area contributed by atoms with Crippen LogP contribution in [0.25, 0.3) is 0 Å². The fourth-order valence-corrected chi connectivity index (χ4v) is 5.01. The lowest BCUT2D eigenvalue weighted by Crippen LogP contribution is -2.58. The Bertz CT molecular complexity index is 350. The third-order valence-corrected chi connectivity index (χ3v) is 5.52. The zero-order chi connectivity index (χ0) is 12.3. The largest absolute Gasteiger partial charge is 0.430 e.